The van der Waals surface area contributed by atoms with E-state index in [1.165, 1.54) is 17.3 Å². The van der Waals surface area contributed by atoms with Gasteiger partial charge in [0.05, 0.1) is 17.1 Å². The molecule has 0 fully saturated rings. The number of halogens is 1. The SMILES string of the molecule is NS(=O)(=O)c1ccc(NC(=O)CCn2cncn2)c(F)c1. The van der Waals surface area contributed by atoms with Gasteiger partial charge in [-0.15, -0.1) is 0 Å². The van der Waals surface area contributed by atoms with Gasteiger partial charge in [0.25, 0.3) is 0 Å². The van der Waals surface area contributed by atoms with Crippen molar-refractivity contribution in [3.63, 3.8) is 0 Å². The monoisotopic (exact) mass is 313 g/mol. The summed E-state index contributed by atoms with van der Waals surface area (Å²) in [5, 5.41) is 11.0. The van der Waals surface area contributed by atoms with Gasteiger partial charge in [-0.3, -0.25) is 9.48 Å². The first kappa shape index (κ1) is 15.1. The number of nitrogens with two attached hydrogens (primary N) is 1. The maximum Gasteiger partial charge on any atom is 0.238 e. The molecule has 0 bridgehead atoms. The van der Waals surface area contributed by atoms with Gasteiger partial charge in [-0.25, -0.2) is 22.9 Å². The van der Waals surface area contributed by atoms with E-state index in [1.807, 2.05) is 0 Å². The predicted molar refractivity (Wildman–Crippen MR) is 71.0 cm³/mol. The molecule has 112 valence electrons. The molecule has 2 rings (SSSR count). The molecule has 0 aliphatic rings. The van der Waals surface area contributed by atoms with Crippen molar-refractivity contribution >= 4 is 21.6 Å². The van der Waals surface area contributed by atoms with Gasteiger partial charge in [0.1, 0.15) is 18.5 Å². The number of sulfonamides is 1. The average molecular weight is 313 g/mol. The number of rotatable bonds is 5. The number of benzene rings is 1. The molecule has 0 saturated carbocycles. The number of hydrogen-bond acceptors (Lipinski definition) is 5. The highest BCUT2D eigenvalue weighted by Crippen LogP contribution is 2.18. The molecule has 3 N–H and O–H groups in total. The van der Waals surface area contributed by atoms with Crippen LogP contribution in [0.1, 0.15) is 6.42 Å². The zero-order chi connectivity index (χ0) is 15.5. The van der Waals surface area contributed by atoms with Gasteiger partial charge in [0.2, 0.25) is 15.9 Å². The summed E-state index contributed by atoms with van der Waals surface area (Å²) in [6.07, 6.45) is 2.86. The molecule has 0 aliphatic heterocycles. The van der Waals surface area contributed by atoms with Crippen LogP contribution in [0.4, 0.5) is 10.1 Å². The number of carbonyl (C=O) groups is 1. The van der Waals surface area contributed by atoms with E-state index in [2.05, 4.69) is 15.4 Å². The zero-order valence-corrected chi connectivity index (χ0v) is 11.5. The van der Waals surface area contributed by atoms with Crippen LogP contribution in [0, 0.1) is 5.82 Å². The number of hydrogen-bond donors (Lipinski definition) is 2. The molecule has 0 spiro atoms. The summed E-state index contributed by atoms with van der Waals surface area (Å²) in [7, 11) is -3.98. The van der Waals surface area contributed by atoms with Crippen molar-refractivity contribution in [3.8, 4) is 0 Å². The molecule has 0 unspecified atom stereocenters. The molecule has 1 heterocycles. The summed E-state index contributed by atoms with van der Waals surface area (Å²) in [5.41, 5.74) is -0.119. The van der Waals surface area contributed by atoms with Crippen molar-refractivity contribution < 1.29 is 17.6 Å². The fourth-order valence-corrected chi connectivity index (χ4v) is 2.08. The Morgan fingerprint density at radius 2 is 2.19 bits per heavy atom. The fourth-order valence-electron chi connectivity index (χ4n) is 1.55. The number of carbonyl (C=O) groups excluding carboxylic acids is 1. The minimum atomic E-state index is -3.98. The van der Waals surface area contributed by atoms with Crippen LogP contribution in [0.2, 0.25) is 0 Å². The van der Waals surface area contributed by atoms with Gasteiger partial charge in [0, 0.05) is 6.42 Å². The van der Waals surface area contributed by atoms with E-state index in [4.69, 9.17) is 5.14 Å². The molecule has 8 nitrogen and oxygen atoms in total. The summed E-state index contributed by atoms with van der Waals surface area (Å²) in [6, 6.07) is 3.01. The Labute approximate surface area is 119 Å². The third kappa shape index (κ3) is 4.07. The Kier molecular flexibility index (Phi) is 4.29. The van der Waals surface area contributed by atoms with E-state index < -0.39 is 21.7 Å². The lowest BCUT2D eigenvalue weighted by Gasteiger charge is -2.07. The quantitative estimate of drug-likeness (QED) is 0.810. The standard InChI is InChI=1S/C11H12FN5O3S/c12-9-5-8(21(13,19)20)1-2-10(9)16-11(18)3-4-17-7-14-6-15-17/h1-2,5-7H,3-4H2,(H,16,18)(H2,13,19,20). The lowest BCUT2D eigenvalue weighted by Crippen LogP contribution is -2.16. The number of anilines is 1. The van der Waals surface area contributed by atoms with Gasteiger partial charge < -0.3 is 5.32 Å². The van der Waals surface area contributed by atoms with Gasteiger partial charge >= 0.3 is 0 Å². The molecule has 0 radical (unpaired) electrons. The highest BCUT2D eigenvalue weighted by Gasteiger charge is 2.13. The molecule has 1 aromatic heterocycles. The Balaban J connectivity index is 2.01. The Hall–Kier alpha value is -2.33. The van der Waals surface area contributed by atoms with Crippen molar-refractivity contribution in [1.29, 1.82) is 0 Å². The van der Waals surface area contributed by atoms with Gasteiger partial charge in [-0.2, -0.15) is 5.10 Å². The topological polar surface area (TPSA) is 120 Å². The van der Waals surface area contributed by atoms with E-state index in [9.17, 15) is 17.6 Å². The number of nitrogens with one attached hydrogen (secondary N) is 1. The number of amides is 1. The second kappa shape index (κ2) is 5.97. The van der Waals surface area contributed by atoms with E-state index in [-0.39, 0.29) is 17.0 Å². The highest BCUT2D eigenvalue weighted by atomic mass is 32.2. The summed E-state index contributed by atoms with van der Waals surface area (Å²) in [5.74, 6) is -1.32. The van der Waals surface area contributed by atoms with Crippen LogP contribution in [0.3, 0.4) is 0 Å². The van der Waals surface area contributed by atoms with E-state index >= 15 is 0 Å². The molecular formula is C11H12FN5O3S. The number of primary sulfonamides is 1. The second-order valence-electron chi connectivity index (χ2n) is 4.14. The van der Waals surface area contributed by atoms with Crippen LogP contribution in [-0.2, 0) is 21.4 Å². The van der Waals surface area contributed by atoms with Crippen LogP contribution < -0.4 is 10.5 Å². The minimum absolute atomic E-state index is 0.0692. The van der Waals surface area contributed by atoms with Crippen LogP contribution in [0.25, 0.3) is 0 Å². The third-order valence-corrected chi connectivity index (χ3v) is 3.49. The average Bonchev–Trinajstić information content (AvgIpc) is 2.91. The number of aromatic nitrogens is 3. The van der Waals surface area contributed by atoms with Crippen LogP contribution in [-0.4, -0.2) is 29.1 Å². The zero-order valence-electron chi connectivity index (χ0n) is 10.7. The van der Waals surface area contributed by atoms with Gasteiger partial charge in [0.15, 0.2) is 0 Å². The summed E-state index contributed by atoms with van der Waals surface area (Å²) in [6.45, 7) is 0.294. The van der Waals surface area contributed by atoms with Crippen molar-refractivity contribution in [3.05, 3.63) is 36.7 Å². The summed E-state index contributed by atoms with van der Waals surface area (Å²) < 4.78 is 37.3. The molecule has 1 aromatic carbocycles. The number of aryl methyl sites for hydroxylation is 1. The van der Waals surface area contributed by atoms with Crippen molar-refractivity contribution in [2.45, 2.75) is 17.9 Å². The van der Waals surface area contributed by atoms with Crippen molar-refractivity contribution in [2.75, 3.05) is 5.32 Å². The second-order valence-corrected chi connectivity index (χ2v) is 5.70. The molecule has 0 aliphatic carbocycles. The van der Waals surface area contributed by atoms with E-state index in [0.29, 0.717) is 6.54 Å². The lowest BCUT2D eigenvalue weighted by molar-refractivity contribution is -0.116. The third-order valence-electron chi connectivity index (χ3n) is 2.58. The normalized spacial score (nSPS) is 11.3. The van der Waals surface area contributed by atoms with E-state index in [0.717, 1.165) is 18.2 Å². The van der Waals surface area contributed by atoms with Crippen LogP contribution >= 0.6 is 0 Å². The molecule has 21 heavy (non-hydrogen) atoms. The van der Waals surface area contributed by atoms with Gasteiger partial charge in [-0.05, 0) is 18.2 Å². The van der Waals surface area contributed by atoms with Crippen molar-refractivity contribution in [1.82, 2.24) is 14.8 Å². The smallest absolute Gasteiger partial charge is 0.238 e. The Bertz CT molecular complexity index is 745. The first-order valence-electron chi connectivity index (χ1n) is 5.81. The fraction of sp³-hybridized carbons (Fsp3) is 0.182. The largest absolute Gasteiger partial charge is 0.324 e. The first-order chi connectivity index (χ1) is 9.86. The summed E-state index contributed by atoms with van der Waals surface area (Å²) in [4.78, 5) is 15.0. The Morgan fingerprint density at radius 1 is 1.43 bits per heavy atom. The maximum atomic E-state index is 13.7. The molecule has 0 atom stereocenters. The highest BCUT2D eigenvalue weighted by molar-refractivity contribution is 7.89. The summed E-state index contributed by atoms with van der Waals surface area (Å²) >= 11 is 0. The predicted octanol–water partition coefficient (Wildman–Crippen LogP) is 0.0934. The molecule has 0 saturated heterocycles. The first-order valence-corrected chi connectivity index (χ1v) is 7.35. The number of nitrogens with zero attached hydrogens (tertiary/aromatic N) is 3. The molecule has 10 heteroatoms. The molecular weight excluding hydrogens is 301 g/mol. The minimum Gasteiger partial charge on any atom is -0.324 e. The Morgan fingerprint density at radius 3 is 2.76 bits per heavy atom. The van der Waals surface area contributed by atoms with Crippen LogP contribution in [0.5, 0.6) is 0 Å². The van der Waals surface area contributed by atoms with Crippen LogP contribution in [0.15, 0.2) is 35.7 Å². The maximum absolute atomic E-state index is 13.7. The van der Waals surface area contributed by atoms with Crippen molar-refractivity contribution in [2.24, 2.45) is 5.14 Å². The lowest BCUT2D eigenvalue weighted by atomic mass is 10.3. The molecule has 2 aromatic rings. The van der Waals surface area contributed by atoms with Gasteiger partial charge in [-0.1, -0.05) is 0 Å². The molecule has 1 amide bonds. The van der Waals surface area contributed by atoms with E-state index in [1.54, 1.807) is 0 Å².